The summed E-state index contributed by atoms with van der Waals surface area (Å²) in [6.07, 6.45) is 0. The van der Waals surface area contributed by atoms with E-state index >= 15 is 0 Å². The standard InChI is InChI=1S/C14H9NO4/c16-9-5-7-10(8-6-9)19-15-13(17)11-3-1-2-4-12(11)14(15)18/h1-8,16H. The van der Waals surface area contributed by atoms with E-state index in [0.717, 1.165) is 5.06 Å². The Morgan fingerprint density at radius 1 is 0.842 bits per heavy atom. The second-order valence-electron chi connectivity index (χ2n) is 4.04. The van der Waals surface area contributed by atoms with E-state index in [0.29, 0.717) is 16.9 Å². The van der Waals surface area contributed by atoms with E-state index in [9.17, 15) is 9.59 Å². The van der Waals surface area contributed by atoms with Crippen LogP contribution in [0.3, 0.4) is 0 Å². The lowest BCUT2D eigenvalue weighted by Gasteiger charge is -2.14. The third kappa shape index (κ3) is 1.81. The highest BCUT2D eigenvalue weighted by atomic mass is 16.7. The van der Waals surface area contributed by atoms with Crippen molar-refractivity contribution >= 4 is 11.8 Å². The largest absolute Gasteiger partial charge is 0.508 e. The van der Waals surface area contributed by atoms with Crippen LogP contribution in [0, 0.1) is 0 Å². The fourth-order valence-corrected chi connectivity index (χ4v) is 1.86. The summed E-state index contributed by atoms with van der Waals surface area (Å²) < 4.78 is 0. The number of phenols is 1. The summed E-state index contributed by atoms with van der Waals surface area (Å²) in [6.45, 7) is 0. The van der Waals surface area contributed by atoms with Gasteiger partial charge in [0.05, 0.1) is 11.1 Å². The van der Waals surface area contributed by atoms with Crippen LogP contribution < -0.4 is 4.84 Å². The second-order valence-corrected chi connectivity index (χ2v) is 4.04. The predicted molar refractivity (Wildman–Crippen MR) is 65.7 cm³/mol. The molecule has 0 aliphatic carbocycles. The number of carbonyl (C=O) groups excluding carboxylic acids is 2. The van der Waals surface area contributed by atoms with Gasteiger partial charge in [-0.05, 0) is 36.4 Å². The van der Waals surface area contributed by atoms with Crippen LogP contribution in [-0.2, 0) is 0 Å². The zero-order valence-corrected chi connectivity index (χ0v) is 9.74. The molecule has 1 heterocycles. The van der Waals surface area contributed by atoms with Crippen molar-refractivity contribution in [2.45, 2.75) is 0 Å². The van der Waals surface area contributed by atoms with Gasteiger partial charge in [0.25, 0.3) is 11.8 Å². The number of fused-ring (bicyclic) bond motifs is 1. The van der Waals surface area contributed by atoms with E-state index in [1.165, 1.54) is 24.3 Å². The zero-order chi connectivity index (χ0) is 13.4. The number of phenolic OH excluding ortho intramolecular Hbond substituents is 1. The molecular weight excluding hydrogens is 246 g/mol. The zero-order valence-electron chi connectivity index (χ0n) is 9.74. The van der Waals surface area contributed by atoms with Crippen molar-refractivity contribution in [1.29, 1.82) is 0 Å². The average molecular weight is 255 g/mol. The summed E-state index contributed by atoms with van der Waals surface area (Å²) >= 11 is 0. The van der Waals surface area contributed by atoms with Gasteiger partial charge in [-0.3, -0.25) is 9.59 Å². The molecule has 0 saturated heterocycles. The number of rotatable bonds is 2. The number of imide groups is 1. The smallest absolute Gasteiger partial charge is 0.295 e. The van der Waals surface area contributed by atoms with Gasteiger partial charge in [-0.2, -0.15) is 0 Å². The molecule has 2 amide bonds. The summed E-state index contributed by atoms with van der Waals surface area (Å²) in [4.78, 5) is 29.3. The number of hydrogen-bond acceptors (Lipinski definition) is 4. The number of hydroxylamine groups is 2. The van der Waals surface area contributed by atoms with Crippen LogP contribution in [0.1, 0.15) is 20.7 Å². The van der Waals surface area contributed by atoms with E-state index in [-0.39, 0.29) is 5.75 Å². The molecule has 0 aromatic heterocycles. The molecule has 1 N–H and O–H groups in total. The van der Waals surface area contributed by atoms with Crippen molar-refractivity contribution in [3.63, 3.8) is 0 Å². The molecule has 1 aliphatic rings. The van der Waals surface area contributed by atoms with Gasteiger partial charge in [0.2, 0.25) is 0 Å². The maximum atomic E-state index is 12.0. The van der Waals surface area contributed by atoms with Gasteiger partial charge in [0, 0.05) is 0 Å². The predicted octanol–water partition coefficient (Wildman–Crippen LogP) is 1.98. The topological polar surface area (TPSA) is 66.8 Å². The van der Waals surface area contributed by atoms with E-state index < -0.39 is 11.8 Å². The Hall–Kier alpha value is -2.82. The molecule has 0 bridgehead atoms. The lowest BCUT2D eigenvalue weighted by molar-refractivity contribution is -0.0141. The molecule has 19 heavy (non-hydrogen) atoms. The molecule has 94 valence electrons. The van der Waals surface area contributed by atoms with Gasteiger partial charge in [-0.15, -0.1) is 0 Å². The van der Waals surface area contributed by atoms with Crippen LogP contribution in [0.25, 0.3) is 0 Å². The van der Waals surface area contributed by atoms with E-state index in [2.05, 4.69) is 0 Å². The van der Waals surface area contributed by atoms with Crippen molar-refractivity contribution in [2.75, 3.05) is 0 Å². The monoisotopic (exact) mass is 255 g/mol. The molecule has 0 fully saturated rings. The van der Waals surface area contributed by atoms with Crippen LogP contribution in [-0.4, -0.2) is 22.0 Å². The Balaban J connectivity index is 1.90. The van der Waals surface area contributed by atoms with Crippen LogP contribution in [0.2, 0.25) is 0 Å². The van der Waals surface area contributed by atoms with Gasteiger partial charge in [-0.25, -0.2) is 0 Å². The highest BCUT2D eigenvalue weighted by Gasteiger charge is 2.37. The van der Waals surface area contributed by atoms with Crippen molar-refractivity contribution in [2.24, 2.45) is 0 Å². The van der Waals surface area contributed by atoms with Gasteiger partial charge < -0.3 is 9.94 Å². The normalized spacial score (nSPS) is 13.6. The maximum absolute atomic E-state index is 12.0. The molecule has 0 unspecified atom stereocenters. The lowest BCUT2D eigenvalue weighted by atomic mass is 10.1. The van der Waals surface area contributed by atoms with Gasteiger partial charge in [0.1, 0.15) is 5.75 Å². The minimum absolute atomic E-state index is 0.0784. The number of benzene rings is 2. The Bertz CT molecular complexity index is 628. The maximum Gasteiger partial charge on any atom is 0.295 e. The van der Waals surface area contributed by atoms with Crippen molar-refractivity contribution in [3.05, 3.63) is 59.7 Å². The minimum Gasteiger partial charge on any atom is -0.508 e. The average Bonchev–Trinajstić information content (AvgIpc) is 2.67. The highest BCUT2D eigenvalue weighted by molar-refractivity contribution is 6.20. The Morgan fingerprint density at radius 2 is 1.37 bits per heavy atom. The Morgan fingerprint density at radius 3 is 1.89 bits per heavy atom. The Labute approximate surface area is 108 Å². The molecule has 0 radical (unpaired) electrons. The van der Waals surface area contributed by atoms with Crippen LogP contribution in [0.15, 0.2) is 48.5 Å². The first-order valence-electron chi connectivity index (χ1n) is 5.61. The van der Waals surface area contributed by atoms with Crippen LogP contribution in [0.5, 0.6) is 11.5 Å². The van der Waals surface area contributed by atoms with Crippen molar-refractivity contribution in [3.8, 4) is 11.5 Å². The number of amides is 2. The minimum atomic E-state index is -0.492. The fourth-order valence-electron chi connectivity index (χ4n) is 1.86. The molecule has 5 nitrogen and oxygen atoms in total. The quantitative estimate of drug-likeness (QED) is 0.833. The molecule has 3 rings (SSSR count). The second kappa shape index (κ2) is 4.13. The molecular formula is C14H9NO4. The Kier molecular flexibility index (Phi) is 2.45. The number of nitrogens with zero attached hydrogens (tertiary/aromatic N) is 1. The molecule has 0 atom stereocenters. The number of aromatic hydroxyl groups is 1. The van der Waals surface area contributed by atoms with Gasteiger partial charge in [0.15, 0.2) is 5.75 Å². The van der Waals surface area contributed by atoms with Gasteiger partial charge in [-0.1, -0.05) is 17.2 Å². The summed E-state index contributed by atoms with van der Waals surface area (Å²) in [5.74, 6) is -0.607. The first-order valence-corrected chi connectivity index (χ1v) is 5.61. The molecule has 0 spiro atoms. The molecule has 5 heteroatoms. The lowest BCUT2D eigenvalue weighted by Crippen LogP contribution is -2.33. The molecule has 2 aromatic carbocycles. The summed E-state index contributed by atoms with van der Waals surface area (Å²) in [7, 11) is 0. The van der Waals surface area contributed by atoms with Gasteiger partial charge >= 0.3 is 0 Å². The molecule has 0 saturated carbocycles. The van der Waals surface area contributed by atoms with E-state index in [4.69, 9.17) is 9.94 Å². The first-order chi connectivity index (χ1) is 9.16. The fraction of sp³-hybridized carbons (Fsp3) is 0. The summed E-state index contributed by atoms with van der Waals surface area (Å²) in [6, 6.07) is 12.3. The summed E-state index contributed by atoms with van der Waals surface area (Å²) in [5.41, 5.74) is 0.651. The van der Waals surface area contributed by atoms with Crippen molar-refractivity contribution in [1.82, 2.24) is 5.06 Å². The van der Waals surface area contributed by atoms with E-state index in [1.807, 2.05) is 0 Å². The third-order valence-corrected chi connectivity index (χ3v) is 2.79. The number of hydrogen-bond donors (Lipinski definition) is 1. The first kappa shape index (κ1) is 11.3. The SMILES string of the molecule is O=C1c2ccccc2C(=O)N1Oc1ccc(O)cc1. The van der Waals surface area contributed by atoms with Crippen LogP contribution in [0.4, 0.5) is 0 Å². The number of carbonyl (C=O) groups is 2. The summed E-state index contributed by atoms with van der Waals surface area (Å²) in [5, 5.41) is 9.88. The highest BCUT2D eigenvalue weighted by Crippen LogP contribution is 2.25. The van der Waals surface area contributed by atoms with E-state index in [1.54, 1.807) is 24.3 Å². The van der Waals surface area contributed by atoms with Crippen molar-refractivity contribution < 1.29 is 19.5 Å². The molecule has 1 aliphatic heterocycles. The van der Waals surface area contributed by atoms with Crippen LogP contribution >= 0.6 is 0 Å². The molecule has 2 aromatic rings. The third-order valence-electron chi connectivity index (χ3n) is 2.79.